The summed E-state index contributed by atoms with van der Waals surface area (Å²) in [6.45, 7) is 0. The minimum absolute atomic E-state index is 0.196. The maximum atomic E-state index is 5.81. The van der Waals surface area contributed by atoms with Gasteiger partial charge in [0.15, 0.2) is 0 Å². The lowest BCUT2D eigenvalue weighted by atomic mass is 10.3. The summed E-state index contributed by atoms with van der Waals surface area (Å²) in [5.41, 5.74) is 6.45. The van der Waals surface area contributed by atoms with Crippen molar-refractivity contribution in [3.8, 4) is 0 Å². The van der Waals surface area contributed by atoms with E-state index in [1.807, 2.05) is 12.1 Å². The molecule has 5 heteroatoms. The van der Waals surface area contributed by atoms with Crippen LogP contribution in [0.4, 0.5) is 5.69 Å². The minimum atomic E-state index is -0.196. The second-order valence-electron chi connectivity index (χ2n) is 2.53. The number of halogens is 1. The molecule has 0 bridgehead atoms. The third-order valence-electron chi connectivity index (χ3n) is 1.72. The number of anilines is 1. The van der Waals surface area contributed by atoms with Crippen LogP contribution in [0.5, 0.6) is 0 Å². The fourth-order valence-electron chi connectivity index (χ4n) is 1.12. The number of benzene rings is 1. The first-order valence-electron chi connectivity index (χ1n) is 3.44. The molecule has 0 aromatic heterocycles. The molecule has 1 aliphatic rings. The summed E-state index contributed by atoms with van der Waals surface area (Å²) >= 11 is 7.31. The Kier molecular flexibility index (Phi) is 1.92. The van der Waals surface area contributed by atoms with E-state index in [0.717, 1.165) is 10.6 Å². The molecular formula is C7H8ClN3S. The van der Waals surface area contributed by atoms with Crippen molar-refractivity contribution in [2.24, 2.45) is 11.6 Å². The lowest BCUT2D eigenvalue weighted by Crippen LogP contribution is -2.41. The zero-order chi connectivity index (χ0) is 8.72. The normalized spacial score (nSPS) is 21.2. The fraction of sp³-hybridized carbons (Fsp3) is 0.143. The molecule has 1 aliphatic heterocycles. The lowest BCUT2D eigenvalue weighted by molar-refractivity contribution is 0.826. The van der Waals surface area contributed by atoms with E-state index in [0.29, 0.717) is 5.02 Å². The van der Waals surface area contributed by atoms with Crippen molar-refractivity contribution >= 4 is 29.1 Å². The van der Waals surface area contributed by atoms with Crippen molar-refractivity contribution in [1.82, 2.24) is 0 Å². The molecule has 1 heterocycles. The highest BCUT2D eigenvalue weighted by Crippen LogP contribution is 2.40. The molecule has 2 rings (SSSR count). The second kappa shape index (κ2) is 2.81. The molecule has 1 atom stereocenters. The molecule has 0 saturated carbocycles. The Hall–Kier alpha value is -0.420. The van der Waals surface area contributed by atoms with Gasteiger partial charge in [-0.15, -0.1) is 0 Å². The summed E-state index contributed by atoms with van der Waals surface area (Å²) < 4.78 is 0. The number of rotatable bonds is 0. The van der Waals surface area contributed by atoms with Gasteiger partial charge in [-0.2, -0.15) is 0 Å². The van der Waals surface area contributed by atoms with Crippen LogP contribution in [0, 0.1) is 0 Å². The van der Waals surface area contributed by atoms with Crippen LogP contribution in [-0.4, -0.2) is 5.50 Å². The molecule has 3 nitrogen and oxygen atoms in total. The van der Waals surface area contributed by atoms with Crippen LogP contribution in [0.2, 0.25) is 5.02 Å². The van der Waals surface area contributed by atoms with Gasteiger partial charge in [-0.3, -0.25) is 5.01 Å². The number of nitrogens with zero attached hydrogens (tertiary/aromatic N) is 1. The summed E-state index contributed by atoms with van der Waals surface area (Å²) in [7, 11) is 0. The molecule has 0 fully saturated rings. The highest BCUT2D eigenvalue weighted by Gasteiger charge is 2.24. The topological polar surface area (TPSA) is 55.3 Å². The molecule has 0 saturated heterocycles. The monoisotopic (exact) mass is 201 g/mol. The van der Waals surface area contributed by atoms with Crippen LogP contribution in [-0.2, 0) is 0 Å². The van der Waals surface area contributed by atoms with Gasteiger partial charge in [0.05, 0.1) is 5.69 Å². The van der Waals surface area contributed by atoms with Gasteiger partial charge in [0, 0.05) is 9.92 Å². The highest BCUT2D eigenvalue weighted by molar-refractivity contribution is 8.00. The van der Waals surface area contributed by atoms with Crippen LogP contribution in [0.1, 0.15) is 0 Å². The Morgan fingerprint density at radius 1 is 1.50 bits per heavy atom. The Balaban J connectivity index is 2.47. The number of nitrogens with two attached hydrogens (primary N) is 2. The smallest absolute Gasteiger partial charge is 0.144 e. The van der Waals surface area contributed by atoms with Crippen molar-refractivity contribution in [3.63, 3.8) is 0 Å². The maximum Gasteiger partial charge on any atom is 0.144 e. The van der Waals surface area contributed by atoms with Crippen molar-refractivity contribution < 1.29 is 0 Å². The number of hydrogen-bond acceptors (Lipinski definition) is 4. The highest BCUT2D eigenvalue weighted by atomic mass is 35.5. The maximum absolute atomic E-state index is 5.81. The molecule has 0 radical (unpaired) electrons. The van der Waals surface area contributed by atoms with E-state index in [1.165, 1.54) is 16.8 Å². The predicted molar refractivity (Wildman–Crippen MR) is 52.0 cm³/mol. The zero-order valence-electron chi connectivity index (χ0n) is 6.20. The van der Waals surface area contributed by atoms with Gasteiger partial charge in [0.1, 0.15) is 5.50 Å². The third kappa shape index (κ3) is 1.17. The third-order valence-corrected chi connectivity index (χ3v) is 3.01. The largest absolute Gasteiger partial charge is 0.301 e. The standard InChI is InChI=1S/C7H8ClN3S/c8-4-1-2-5-6(3-4)12-7(9)11(5)10/h1-3,7H,9-10H2. The van der Waals surface area contributed by atoms with Crippen LogP contribution < -0.4 is 16.6 Å². The fourth-order valence-corrected chi connectivity index (χ4v) is 2.33. The Morgan fingerprint density at radius 3 is 3.00 bits per heavy atom. The lowest BCUT2D eigenvalue weighted by Gasteiger charge is -2.15. The van der Waals surface area contributed by atoms with Gasteiger partial charge in [0.25, 0.3) is 0 Å². The first kappa shape index (κ1) is 8.19. The van der Waals surface area contributed by atoms with Crippen LogP contribution in [0.25, 0.3) is 0 Å². The van der Waals surface area contributed by atoms with Gasteiger partial charge >= 0.3 is 0 Å². The molecule has 0 aliphatic carbocycles. The molecule has 1 aromatic carbocycles. The zero-order valence-corrected chi connectivity index (χ0v) is 7.77. The summed E-state index contributed by atoms with van der Waals surface area (Å²) in [6.07, 6.45) is 0. The first-order valence-corrected chi connectivity index (χ1v) is 4.70. The number of hydrogen-bond donors (Lipinski definition) is 2. The SMILES string of the molecule is NC1Sc2cc(Cl)ccc2N1N. The van der Waals surface area contributed by atoms with E-state index in [-0.39, 0.29) is 5.50 Å². The van der Waals surface area contributed by atoms with Gasteiger partial charge < -0.3 is 5.73 Å². The average Bonchev–Trinajstić information content (AvgIpc) is 2.28. The van der Waals surface area contributed by atoms with Crippen LogP contribution in [0.3, 0.4) is 0 Å². The van der Waals surface area contributed by atoms with Crippen molar-refractivity contribution in [1.29, 1.82) is 0 Å². The Labute approximate surface area is 79.6 Å². The van der Waals surface area contributed by atoms with Gasteiger partial charge in [-0.25, -0.2) is 5.84 Å². The molecule has 64 valence electrons. The average molecular weight is 202 g/mol. The van der Waals surface area contributed by atoms with Crippen LogP contribution >= 0.6 is 23.4 Å². The number of hydrazine groups is 1. The summed E-state index contributed by atoms with van der Waals surface area (Å²) in [4.78, 5) is 1.04. The molecular weight excluding hydrogens is 194 g/mol. The second-order valence-corrected chi connectivity index (χ2v) is 4.12. The van der Waals surface area contributed by atoms with Gasteiger partial charge in [-0.05, 0) is 18.2 Å². The number of thioether (sulfide) groups is 1. The van der Waals surface area contributed by atoms with E-state index in [4.69, 9.17) is 23.2 Å². The minimum Gasteiger partial charge on any atom is -0.301 e. The predicted octanol–water partition coefficient (Wildman–Crippen LogP) is 1.37. The first-order chi connectivity index (χ1) is 5.68. The summed E-state index contributed by atoms with van der Waals surface area (Å²) in [5.74, 6) is 5.68. The van der Waals surface area contributed by atoms with Gasteiger partial charge in [0.2, 0.25) is 0 Å². The van der Waals surface area contributed by atoms with E-state index in [9.17, 15) is 0 Å². The quantitative estimate of drug-likeness (QED) is 0.623. The molecule has 12 heavy (non-hydrogen) atoms. The Bertz CT molecular complexity index is 318. The summed E-state index contributed by atoms with van der Waals surface area (Å²) in [5, 5.41) is 2.25. The molecule has 4 N–H and O–H groups in total. The van der Waals surface area contributed by atoms with E-state index in [2.05, 4.69) is 0 Å². The molecule has 0 spiro atoms. The molecule has 1 aromatic rings. The molecule has 0 amide bonds. The van der Waals surface area contributed by atoms with Crippen molar-refractivity contribution in [2.45, 2.75) is 10.4 Å². The number of fused-ring (bicyclic) bond motifs is 1. The van der Waals surface area contributed by atoms with Crippen molar-refractivity contribution in [3.05, 3.63) is 23.2 Å². The van der Waals surface area contributed by atoms with Gasteiger partial charge in [-0.1, -0.05) is 23.4 Å². The van der Waals surface area contributed by atoms with Crippen molar-refractivity contribution in [2.75, 3.05) is 5.01 Å². The molecule has 1 unspecified atom stereocenters. The van der Waals surface area contributed by atoms with E-state index >= 15 is 0 Å². The van der Waals surface area contributed by atoms with E-state index < -0.39 is 0 Å². The van der Waals surface area contributed by atoms with E-state index in [1.54, 1.807) is 6.07 Å². The Morgan fingerprint density at radius 2 is 2.25 bits per heavy atom. The summed E-state index contributed by atoms with van der Waals surface area (Å²) in [6, 6.07) is 5.55. The van der Waals surface area contributed by atoms with Crippen LogP contribution in [0.15, 0.2) is 23.1 Å².